The number of methoxy groups -OCH3 is 1. The third kappa shape index (κ3) is 3.19. The molecular formula is C16H21N3O2. The zero-order valence-electron chi connectivity index (χ0n) is 12.5. The van der Waals surface area contributed by atoms with Gasteiger partial charge < -0.3 is 19.4 Å². The summed E-state index contributed by atoms with van der Waals surface area (Å²) in [7, 11) is 1.70. The molecule has 5 heteroatoms. The molecule has 1 unspecified atom stereocenters. The minimum absolute atomic E-state index is 0.166. The average molecular weight is 287 g/mol. The van der Waals surface area contributed by atoms with Crippen LogP contribution in [0, 0.1) is 6.92 Å². The summed E-state index contributed by atoms with van der Waals surface area (Å²) in [4.78, 5) is 4.51. The zero-order chi connectivity index (χ0) is 14.7. The molecule has 1 aromatic carbocycles. The number of nitrogens with zero attached hydrogens (tertiary/aromatic N) is 2. The molecule has 1 atom stereocenters. The van der Waals surface area contributed by atoms with Gasteiger partial charge in [-0.2, -0.15) is 0 Å². The topological polar surface area (TPSA) is 48.3 Å². The number of para-hydroxylation sites is 1. The summed E-state index contributed by atoms with van der Waals surface area (Å²) in [5.74, 6) is 1.89. The lowest BCUT2D eigenvalue weighted by Crippen LogP contribution is -2.22. The van der Waals surface area contributed by atoms with Crippen LogP contribution in [0.15, 0.2) is 30.5 Å². The molecule has 2 heterocycles. The fourth-order valence-electron chi connectivity index (χ4n) is 2.67. The highest BCUT2D eigenvalue weighted by atomic mass is 16.5. The van der Waals surface area contributed by atoms with Gasteiger partial charge in [0, 0.05) is 26.3 Å². The molecule has 5 nitrogen and oxygen atoms in total. The van der Waals surface area contributed by atoms with Crippen molar-refractivity contribution in [3.05, 3.63) is 41.7 Å². The summed E-state index contributed by atoms with van der Waals surface area (Å²) in [5, 5.41) is 3.30. The standard InChI is InChI=1S/C16H21N3O2/c1-12-10-19(16(18-12)17-7-8-20-2)11-14-9-13-5-3-4-6-15(13)21-14/h3-6,10,14H,7-9,11H2,1-2H3,(H,17,18). The van der Waals surface area contributed by atoms with Crippen molar-refractivity contribution in [1.29, 1.82) is 0 Å². The molecule has 0 fully saturated rings. The zero-order valence-corrected chi connectivity index (χ0v) is 12.5. The summed E-state index contributed by atoms with van der Waals surface area (Å²) < 4.78 is 13.2. The van der Waals surface area contributed by atoms with E-state index in [-0.39, 0.29) is 6.10 Å². The van der Waals surface area contributed by atoms with Gasteiger partial charge in [0.15, 0.2) is 0 Å². The van der Waals surface area contributed by atoms with Crippen LogP contribution in [0.25, 0.3) is 0 Å². The maximum absolute atomic E-state index is 6.00. The highest BCUT2D eigenvalue weighted by Crippen LogP contribution is 2.29. The highest BCUT2D eigenvalue weighted by Gasteiger charge is 2.23. The van der Waals surface area contributed by atoms with E-state index in [2.05, 4.69) is 33.2 Å². The van der Waals surface area contributed by atoms with Crippen LogP contribution in [0.2, 0.25) is 0 Å². The number of anilines is 1. The molecule has 1 aliphatic rings. The molecule has 0 saturated carbocycles. The second-order valence-corrected chi connectivity index (χ2v) is 5.33. The Hall–Kier alpha value is -2.01. The summed E-state index contributed by atoms with van der Waals surface area (Å²) in [6.45, 7) is 4.21. The Bertz CT molecular complexity index is 584. The first-order valence-electron chi connectivity index (χ1n) is 7.27. The van der Waals surface area contributed by atoms with Gasteiger partial charge in [0.1, 0.15) is 11.9 Å². The summed E-state index contributed by atoms with van der Waals surface area (Å²) in [6.07, 6.45) is 3.17. The second kappa shape index (κ2) is 6.18. The first kappa shape index (κ1) is 13.9. The Morgan fingerprint density at radius 1 is 1.43 bits per heavy atom. The number of benzene rings is 1. The van der Waals surface area contributed by atoms with Crippen molar-refractivity contribution in [2.24, 2.45) is 0 Å². The third-order valence-electron chi connectivity index (χ3n) is 3.60. The summed E-state index contributed by atoms with van der Waals surface area (Å²) >= 11 is 0. The van der Waals surface area contributed by atoms with Crippen molar-refractivity contribution in [2.45, 2.75) is 26.0 Å². The largest absolute Gasteiger partial charge is 0.488 e. The molecule has 0 amide bonds. The van der Waals surface area contributed by atoms with Crippen molar-refractivity contribution < 1.29 is 9.47 Å². The van der Waals surface area contributed by atoms with E-state index in [1.54, 1.807) is 7.11 Å². The van der Waals surface area contributed by atoms with E-state index >= 15 is 0 Å². The van der Waals surface area contributed by atoms with Gasteiger partial charge in [0.05, 0.1) is 18.8 Å². The average Bonchev–Trinajstić information content (AvgIpc) is 3.02. The minimum Gasteiger partial charge on any atom is -0.488 e. The molecule has 0 bridgehead atoms. The quantitative estimate of drug-likeness (QED) is 0.828. The molecule has 112 valence electrons. The lowest BCUT2D eigenvalue weighted by molar-refractivity contribution is 0.207. The van der Waals surface area contributed by atoms with Gasteiger partial charge in [0.2, 0.25) is 5.95 Å². The number of nitrogens with one attached hydrogen (secondary N) is 1. The Morgan fingerprint density at radius 3 is 3.10 bits per heavy atom. The van der Waals surface area contributed by atoms with E-state index in [0.717, 1.165) is 36.9 Å². The number of aromatic nitrogens is 2. The number of hydrogen-bond donors (Lipinski definition) is 1. The van der Waals surface area contributed by atoms with Crippen LogP contribution in [-0.2, 0) is 17.7 Å². The third-order valence-corrected chi connectivity index (χ3v) is 3.60. The van der Waals surface area contributed by atoms with Gasteiger partial charge >= 0.3 is 0 Å². The SMILES string of the molecule is COCCNc1nc(C)cn1CC1Cc2ccccc2O1. The van der Waals surface area contributed by atoms with E-state index < -0.39 is 0 Å². The Morgan fingerprint density at radius 2 is 2.29 bits per heavy atom. The monoisotopic (exact) mass is 287 g/mol. The Balaban J connectivity index is 1.66. The van der Waals surface area contributed by atoms with Crippen LogP contribution in [0.5, 0.6) is 5.75 Å². The molecule has 0 radical (unpaired) electrons. The van der Waals surface area contributed by atoms with Gasteiger partial charge in [-0.1, -0.05) is 18.2 Å². The summed E-state index contributed by atoms with van der Waals surface area (Å²) in [5.41, 5.74) is 2.29. The molecule has 21 heavy (non-hydrogen) atoms. The maximum Gasteiger partial charge on any atom is 0.203 e. The minimum atomic E-state index is 0.166. The van der Waals surface area contributed by atoms with Crippen molar-refractivity contribution in [2.75, 3.05) is 25.6 Å². The second-order valence-electron chi connectivity index (χ2n) is 5.33. The summed E-state index contributed by atoms with van der Waals surface area (Å²) in [6, 6.07) is 8.24. The molecule has 1 aromatic heterocycles. The van der Waals surface area contributed by atoms with E-state index in [1.807, 2.05) is 19.1 Å². The normalized spacial score (nSPS) is 16.6. The van der Waals surface area contributed by atoms with E-state index in [4.69, 9.17) is 9.47 Å². The van der Waals surface area contributed by atoms with Crippen LogP contribution < -0.4 is 10.1 Å². The lowest BCUT2D eigenvalue weighted by Gasteiger charge is -2.14. The van der Waals surface area contributed by atoms with Crippen molar-refractivity contribution in [1.82, 2.24) is 9.55 Å². The van der Waals surface area contributed by atoms with Crippen LogP contribution in [0.3, 0.4) is 0 Å². The van der Waals surface area contributed by atoms with Gasteiger partial charge in [-0.15, -0.1) is 0 Å². The number of aryl methyl sites for hydroxylation is 1. The number of rotatable bonds is 6. The maximum atomic E-state index is 6.00. The van der Waals surface area contributed by atoms with Crippen LogP contribution in [0.1, 0.15) is 11.3 Å². The fourth-order valence-corrected chi connectivity index (χ4v) is 2.67. The van der Waals surface area contributed by atoms with E-state index in [1.165, 1.54) is 5.56 Å². The Labute approximate surface area is 124 Å². The number of hydrogen-bond acceptors (Lipinski definition) is 4. The molecule has 1 N–H and O–H groups in total. The van der Waals surface area contributed by atoms with Gasteiger partial charge in [-0.05, 0) is 18.6 Å². The predicted molar refractivity (Wildman–Crippen MR) is 81.9 cm³/mol. The molecule has 0 spiro atoms. The van der Waals surface area contributed by atoms with E-state index in [0.29, 0.717) is 6.61 Å². The van der Waals surface area contributed by atoms with Crippen LogP contribution >= 0.6 is 0 Å². The number of imidazole rings is 1. The van der Waals surface area contributed by atoms with E-state index in [9.17, 15) is 0 Å². The van der Waals surface area contributed by atoms with Crippen molar-refractivity contribution in [3.63, 3.8) is 0 Å². The highest BCUT2D eigenvalue weighted by molar-refractivity contribution is 5.37. The number of fused-ring (bicyclic) bond motifs is 1. The number of ether oxygens (including phenoxy) is 2. The van der Waals surface area contributed by atoms with Crippen molar-refractivity contribution >= 4 is 5.95 Å². The smallest absolute Gasteiger partial charge is 0.203 e. The molecular weight excluding hydrogens is 266 g/mol. The molecule has 3 rings (SSSR count). The fraction of sp³-hybridized carbons (Fsp3) is 0.438. The molecule has 2 aromatic rings. The lowest BCUT2D eigenvalue weighted by atomic mass is 10.1. The van der Waals surface area contributed by atoms with Gasteiger partial charge in [-0.25, -0.2) is 4.98 Å². The molecule has 0 aliphatic carbocycles. The first-order valence-corrected chi connectivity index (χ1v) is 7.27. The molecule has 1 aliphatic heterocycles. The van der Waals surface area contributed by atoms with Crippen LogP contribution in [-0.4, -0.2) is 35.9 Å². The Kier molecular flexibility index (Phi) is 4.10. The predicted octanol–water partition coefficient (Wildman–Crippen LogP) is 2.25. The molecule has 0 saturated heterocycles. The van der Waals surface area contributed by atoms with Gasteiger partial charge in [-0.3, -0.25) is 0 Å². The van der Waals surface area contributed by atoms with Gasteiger partial charge in [0.25, 0.3) is 0 Å². The first-order chi connectivity index (χ1) is 10.3. The van der Waals surface area contributed by atoms with Crippen LogP contribution in [0.4, 0.5) is 5.95 Å². The van der Waals surface area contributed by atoms with Crippen molar-refractivity contribution in [3.8, 4) is 5.75 Å².